The zero-order valence-corrected chi connectivity index (χ0v) is 11.6. The molecule has 0 aromatic carbocycles. The van der Waals surface area contributed by atoms with Crippen LogP contribution in [0, 0.1) is 25.7 Å². The van der Waals surface area contributed by atoms with E-state index < -0.39 is 0 Å². The van der Waals surface area contributed by atoms with Crippen LogP contribution in [0.15, 0.2) is 5.38 Å². The number of nitrogens with one attached hydrogen (secondary N) is 1. The molecule has 1 aliphatic rings. The van der Waals surface area contributed by atoms with E-state index in [1.165, 1.54) is 11.4 Å². The van der Waals surface area contributed by atoms with Crippen molar-refractivity contribution in [3.8, 4) is 0 Å². The Balaban J connectivity index is 1.84. The normalized spacial score (nSPS) is 27.9. The number of fused-ring (bicyclic) bond motifs is 1. The number of rotatable bonds is 3. The fourth-order valence-electron chi connectivity index (χ4n) is 2.62. The molecule has 1 N–H and O–H groups in total. The summed E-state index contributed by atoms with van der Waals surface area (Å²) in [5, 5.41) is 5.83. The van der Waals surface area contributed by atoms with Crippen LogP contribution in [-0.4, -0.2) is 15.4 Å². The van der Waals surface area contributed by atoms with Gasteiger partial charge in [-0.25, -0.2) is 4.98 Å². The maximum atomic E-state index is 4.61. The van der Waals surface area contributed by atoms with E-state index >= 15 is 0 Å². The minimum absolute atomic E-state index is 0.693. The van der Waals surface area contributed by atoms with Gasteiger partial charge in [0.25, 0.3) is 0 Å². The third kappa shape index (κ3) is 1.70. The van der Waals surface area contributed by atoms with Gasteiger partial charge in [-0.05, 0) is 25.7 Å². The number of aryl methyl sites for hydroxylation is 2. The molecule has 4 heteroatoms. The Morgan fingerprint density at radius 2 is 2.06 bits per heavy atom. The van der Waals surface area contributed by atoms with Gasteiger partial charge >= 0.3 is 0 Å². The summed E-state index contributed by atoms with van der Waals surface area (Å²) >= 11 is 1.72. The number of hydrogen-bond acceptors (Lipinski definition) is 3. The molecule has 0 bridgehead atoms. The second-order valence-corrected chi connectivity index (χ2v) is 6.10. The first-order valence-electron chi connectivity index (χ1n) is 6.25. The summed E-state index contributed by atoms with van der Waals surface area (Å²) in [5.74, 6) is 1.64. The third-order valence-electron chi connectivity index (χ3n) is 4.16. The predicted octanol–water partition coefficient (Wildman–Crippen LogP) is 2.76. The average molecular weight is 249 g/mol. The minimum Gasteiger partial charge on any atom is -0.308 e. The predicted molar refractivity (Wildman–Crippen MR) is 71.5 cm³/mol. The molecule has 3 rings (SSSR count). The summed E-state index contributed by atoms with van der Waals surface area (Å²) < 4.78 is 2.28. The smallest absolute Gasteiger partial charge is 0.194 e. The summed E-state index contributed by atoms with van der Waals surface area (Å²) in [4.78, 5) is 5.73. The van der Waals surface area contributed by atoms with Crippen molar-refractivity contribution in [1.82, 2.24) is 14.7 Å². The van der Waals surface area contributed by atoms with Gasteiger partial charge < -0.3 is 5.32 Å². The topological polar surface area (TPSA) is 29.3 Å². The van der Waals surface area contributed by atoms with Gasteiger partial charge in [-0.2, -0.15) is 0 Å². The van der Waals surface area contributed by atoms with Crippen LogP contribution < -0.4 is 5.32 Å². The molecule has 0 aliphatic heterocycles. The fraction of sp³-hybridized carbons (Fsp3) is 0.615. The monoisotopic (exact) mass is 249 g/mol. The molecule has 3 atom stereocenters. The first-order valence-corrected chi connectivity index (χ1v) is 7.13. The van der Waals surface area contributed by atoms with E-state index in [2.05, 4.69) is 47.8 Å². The molecule has 17 heavy (non-hydrogen) atoms. The molecule has 0 radical (unpaired) electrons. The van der Waals surface area contributed by atoms with Crippen LogP contribution in [0.1, 0.15) is 30.9 Å². The quantitative estimate of drug-likeness (QED) is 0.906. The second-order valence-electron chi connectivity index (χ2n) is 5.26. The minimum atomic E-state index is 0.693. The molecular weight excluding hydrogens is 230 g/mol. The van der Waals surface area contributed by atoms with Crippen molar-refractivity contribution in [3.63, 3.8) is 0 Å². The van der Waals surface area contributed by atoms with Crippen LogP contribution in [0.3, 0.4) is 0 Å². The lowest BCUT2D eigenvalue weighted by molar-refractivity contribution is 0.624. The standard InChI is InChI=1S/C13H19N3S/c1-7-6-17-13-15-10(4)11(16(7)13)5-14-12-8(2)9(12)3/h6,8-9,12,14H,5H2,1-4H3/t8-,9+,12?. The highest BCUT2D eigenvalue weighted by Crippen LogP contribution is 2.38. The van der Waals surface area contributed by atoms with Crippen LogP contribution in [-0.2, 0) is 6.54 Å². The average Bonchev–Trinajstić information content (AvgIpc) is 2.65. The van der Waals surface area contributed by atoms with Crippen LogP contribution in [0.2, 0.25) is 0 Å². The molecule has 0 amide bonds. The van der Waals surface area contributed by atoms with E-state index in [0.717, 1.165) is 29.0 Å². The van der Waals surface area contributed by atoms with Crippen molar-refractivity contribution >= 4 is 16.3 Å². The van der Waals surface area contributed by atoms with Gasteiger partial charge in [0.1, 0.15) is 0 Å². The van der Waals surface area contributed by atoms with Gasteiger partial charge in [-0.1, -0.05) is 13.8 Å². The van der Waals surface area contributed by atoms with Gasteiger partial charge in [0.2, 0.25) is 0 Å². The molecule has 92 valence electrons. The van der Waals surface area contributed by atoms with Crippen molar-refractivity contribution in [2.45, 2.75) is 40.3 Å². The van der Waals surface area contributed by atoms with Gasteiger partial charge in [-0.15, -0.1) is 11.3 Å². The van der Waals surface area contributed by atoms with E-state index in [-0.39, 0.29) is 0 Å². The first-order chi connectivity index (χ1) is 8.09. The van der Waals surface area contributed by atoms with Crippen LogP contribution >= 0.6 is 11.3 Å². The maximum absolute atomic E-state index is 4.61. The Labute approximate surface area is 106 Å². The molecule has 1 aliphatic carbocycles. The Morgan fingerprint density at radius 1 is 1.35 bits per heavy atom. The Bertz CT molecular complexity index is 546. The molecule has 1 fully saturated rings. The molecular formula is C13H19N3S. The first kappa shape index (κ1) is 11.2. The Morgan fingerprint density at radius 3 is 2.71 bits per heavy atom. The Hall–Kier alpha value is -0.870. The van der Waals surface area contributed by atoms with E-state index in [9.17, 15) is 0 Å². The molecule has 1 unspecified atom stereocenters. The summed E-state index contributed by atoms with van der Waals surface area (Å²) in [6.45, 7) is 9.82. The lowest BCUT2D eigenvalue weighted by Crippen LogP contribution is -2.20. The number of aromatic nitrogens is 2. The number of nitrogens with zero attached hydrogens (tertiary/aromatic N) is 2. The highest BCUT2D eigenvalue weighted by molar-refractivity contribution is 7.15. The van der Waals surface area contributed by atoms with E-state index in [0.29, 0.717) is 6.04 Å². The van der Waals surface area contributed by atoms with Crippen molar-refractivity contribution < 1.29 is 0 Å². The molecule has 3 nitrogen and oxygen atoms in total. The largest absolute Gasteiger partial charge is 0.308 e. The van der Waals surface area contributed by atoms with Gasteiger partial charge in [0.15, 0.2) is 4.96 Å². The van der Waals surface area contributed by atoms with Gasteiger partial charge in [0.05, 0.1) is 11.4 Å². The van der Waals surface area contributed by atoms with Crippen LogP contribution in [0.4, 0.5) is 0 Å². The number of imidazole rings is 1. The van der Waals surface area contributed by atoms with Crippen LogP contribution in [0.5, 0.6) is 0 Å². The van der Waals surface area contributed by atoms with E-state index in [1.807, 2.05) is 0 Å². The van der Waals surface area contributed by atoms with Crippen molar-refractivity contribution in [1.29, 1.82) is 0 Å². The molecule has 1 saturated carbocycles. The van der Waals surface area contributed by atoms with Gasteiger partial charge in [0, 0.05) is 23.7 Å². The van der Waals surface area contributed by atoms with Crippen molar-refractivity contribution in [2.75, 3.05) is 0 Å². The van der Waals surface area contributed by atoms with E-state index in [4.69, 9.17) is 0 Å². The van der Waals surface area contributed by atoms with Crippen LogP contribution in [0.25, 0.3) is 4.96 Å². The Kier molecular flexibility index (Phi) is 2.52. The van der Waals surface area contributed by atoms with Crippen molar-refractivity contribution in [3.05, 3.63) is 22.5 Å². The van der Waals surface area contributed by atoms with Crippen molar-refractivity contribution in [2.24, 2.45) is 11.8 Å². The fourth-order valence-corrected chi connectivity index (χ4v) is 3.56. The number of thiazole rings is 1. The summed E-state index contributed by atoms with van der Waals surface area (Å²) in [7, 11) is 0. The highest BCUT2D eigenvalue weighted by Gasteiger charge is 2.42. The third-order valence-corrected chi connectivity index (χ3v) is 5.10. The molecule has 2 heterocycles. The maximum Gasteiger partial charge on any atom is 0.194 e. The lowest BCUT2D eigenvalue weighted by atomic mass is 10.3. The SMILES string of the molecule is Cc1nc2scc(C)n2c1CNC1[C@@H](C)[C@H]1C. The molecule has 0 saturated heterocycles. The lowest BCUT2D eigenvalue weighted by Gasteiger charge is -2.05. The zero-order chi connectivity index (χ0) is 12.2. The van der Waals surface area contributed by atoms with E-state index in [1.54, 1.807) is 11.3 Å². The number of hydrogen-bond donors (Lipinski definition) is 1. The summed E-state index contributed by atoms with van der Waals surface area (Å²) in [6, 6.07) is 0.693. The second kappa shape index (κ2) is 3.82. The molecule has 0 spiro atoms. The molecule has 2 aromatic heterocycles. The summed E-state index contributed by atoms with van der Waals surface area (Å²) in [5.41, 5.74) is 3.78. The van der Waals surface area contributed by atoms with Gasteiger partial charge in [-0.3, -0.25) is 4.40 Å². The highest BCUT2D eigenvalue weighted by atomic mass is 32.1. The zero-order valence-electron chi connectivity index (χ0n) is 10.8. The summed E-state index contributed by atoms with van der Waals surface area (Å²) in [6.07, 6.45) is 0. The molecule has 2 aromatic rings.